The highest BCUT2D eigenvalue weighted by Gasteiger charge is 2.44. The van der Waals surface area contributed by atoms with Crippen LogP contribution >= 0.6 is 11.6 Å². The predicted octanol–water partition coefficient (Wildman–Crippen LogP) is 2.71. The van der Waals surface area contributed by atoms with Crippen LogP contribution in [-0.4, -0.2) is 43.0 Å². The lowest BCUT2D eigenvalue weighted by atomic mass is 9.97. The summed E-state index contributed by atoms with van der Waals surface area (Å²) >= 11 is 6.03. The number of piperidine rings is 1. The highest BCUT2D eigenvalue weighted by Crippen LogP contribution is 2.36. The van der Waals surface area contributed by atoms with Gasteiger partial charge in [-0.3, -0.25) is 14.5 Å². The van der Waals surface area contributed by atoms with E-state index in [2.05, 4.69) is 11.8 Å². The van der Waals surface area contributed by atoms with Crippen LogP contribution in [0.15, 0.2) is 18.2 Å². The van der Waals surface area contributed by atoms with Crippen LogP contribution in [0.25, 0.3) is 0 Å². The Kier molecular flexibility index (Phi) is 4.60. The summed E-state index contributed by atoms with van der Waals surface area (Å²) in [5, 5.41) is 0.469. The third-order valence-corrected chi connectivity index (χ3v) is 5.00. The molecule has 1 aromatic rings. The van der Waals surface area contributed by atoms with Crippen LogP contribution in [0.2, 0.25) is 5.02 Å². The standard InChI is InChI=1S/C17H21ClN2O3/c1-11-5-7-19(8-6-11)14-10-16(21)20(17(14)22)13-9-12(18)3-4-15(13)23-2/h3-4,9,11,14H,5-8,10H2,1-2H3/t14-/m1/s1. The number of ether oxygens (including phenoxy) is 1. The summed E-state index contributed by atoms with van der Waals surface area (Å²) in [4.78, 5) is 28.7. The largest absolute Gasteiger partial charge is 0.495 e. The number of imide groups is 1. The Bertz CT molecular complexity index is 626. The minimum atomic E-state index is -0.362. The maximum Gasteiger partial charge on any atom is 0.251 e. The fraction of sp³-hybridized carbons (Fsp3) is 0.529. The number of anilines is 1. The van der Waals surface area contributed by atoms with Crippen molar-refractivity contribution in [2.24, 2.45) is 5.92 Å². The van der Waals surface area contributed by atoms with Gasteiger partial charge >= 0.3 is 0 Å². The molecule has 0 aliphatic carbocycles. The normalized spacial score (nSPS) is 23.6. The van der Waals surface area contributed by atoms with E-state index in [0.29, 0.717) is 22.4 Å². The van der Waals surface area contributed by atoms with Crippen LogP contribution in [0.3, 0.4) is 0 Å². The van der Waals surface area contributed by atoms with Crippen LogP contribution in [0.1, 0.15) is 26.2 Å². The van der Waals surface area contributed by atoms with Crippen molar-refractivity contribution in [3.05, 3.63) is 23.2 Å². The summed E-state index contributed by atoms with van der Waals surface area (Å²) in [5.41, 5.74) is 0.433. The van der Waals surface area contributed by atoms with Gasteiger partial charge in [0.05, 0.1) is 25.3 Å². The number of benzene rings is 1. The third kappa shape index (κ3) is 3.08. The lowest BCUT2D eigenvalue weighted by Crippen LogP contribution is -2.45. The molecule has 2 fully saturated rings. The molecule has 0 N–H and O–H groups in total. The number of amides is 2. The highest BCUT2D eigenvalue weighted by atomic mass is 35.5. The molecule has 1 aromatic carbocycles. The summed E-state index contributed by atoms with van der Waals surface area (Å²) in [5.74, 6) is 0.788. The third-order valence-electron chi connectivity index (χ3n) is 4.76. The molecule has 2 aliphatic heterocycles. The van der Waals surface area contributed by atoms with E-state index in [1.165, 1.54) is 12.0 Å². The highest BCUT2D eigenvalue weighted by molar-refractivity contribution is 6.31. The maximum absolute atomic E-state index is 12.8. The Morgan fingerprint density at radius 3 is 2.57 bits per heavy atom. The molecule has 1 atom stereocenters. The predicted molar refractivity (Wildman–Crippen MR) is 88.9 cm³/mol. The molecule has 0 spiro atoms. The van der Waals surface area contributed by atoms with E-state index in [1.807, 2.05) is 0 Å². The quantitative estimate of drug-likeness (QED) is 0.796. The van der Waals surface area contributed by atoms with Gasteiger partial charge < -0.3 is 4.74 Å². The van der Waals surface area contributed by atoms with Crippen LogP contribution in [0.4, 0.5) is 5.69 Å². The minimum absolute atomic E-state index is 0.176. The first-order valence-corrected chi connectivity index (χ1v) is 8.33. The molecule has 23 heavy (non-hydrogen) atoms. The zero-order valence-corrected chi connectivity index (χ0v) is 14.2. The van der Waals surface area contributed by atoms with Crippen LogP contribution < -0.4 is 9.64 Å². The number of methoxy groups -OCH3 is 1. The SMILES string of the molecule is COc1ccc(Cl)cc1N1C(=O)C[C@@H](N2CCC(C)CC2)C1=O. The molecular formula is C17H21ClN2O3. The van der Waals surface area contributed by atoms with Crippen molar-refractivity contribution in [3.63, 3.8) is 0 Å². The van der Waals surface area contributed by atoms with Crippen molar-refractivity contribution < 1.29 is 14.3 Å². The second-order valence-electron chi connectivity index (χ2n) is 6.32. The molecule has 0 unspecified atom stereocenters. The molecule has 3 rings (SSSR count). The van der Waals surface area contributed by atoms with Crippen molar-refractivity contribution in [1.29, 1.82) is 0 Å². The molecule has 2 aliphatic rings. The van der Waals surface area contributed by atoms with Gasteiger partial charge in [0.25, 0.3) is 5.91 Å². The Labute approximate surface area is 141 Å². The van der Waals surface area contributed by atoms with Gasteiger partial charge in [0.1, 0.15) is 5.75 Å². The van der Waals surface area contributed by atoms with E-state index in [9.17, 15) is 9.59 Å². The topological polar surface area (TPSA) is 49.9 Å². The van der Waals surface area contributed by atoms with Gasteiger partial charge in [-0.1, -0.05) is 18.5 Å². The van der Waals surface area contributed by atoms with Gasteiger partial charge in [0.15, 0.2) is 0 Å². The van der Waals surface area contributed by atoms with Gasteiger partial charge in [-0.05, 0) is 50.0 Å². The van der Waals surface area contributed by atoms with E-state index < -0.39 is 0 Å². The molecule has 0 saturated carbocycles. The van der Waals surface area contributed by atoms with E-state index in [4.69, 9.17) is 16.3 Å². The number of halogens is 1. The van der Waals surface area contributed by atoms with Crippen molar-refractivity contribution >= 4 is 29.1 Å². The molecular weight excluding hydrogens is 316 g/mol. The van der Waals surface area contributed by atoms with Crippen molar-refractivity contribution in [1.82, 2.24) is 4.90 Å². The van der Waals surface area contributed by atoms with Crippen molar-refractivity contribution in [3.8, 4) is 5.75 Å². The Morgan fingerprint density at radius 1 is 1.22 bits per heavy atom. The van der Waals surface area contributed by atoms with Gasteiger partial charge in [0.2, 0.25) is 5.91 Å². The fourth-order valence-electron chi connectivity index (χ4n) is 3.33. The van der Waals surface area contributed by atoms with E-state index in [-0.39, 0.29) is 24.3 Å². The average molecular weight is 337 g/mol. The first-order chi connectivity index (χ1) is 11.0. The molecule has 0 aromatic heterocycles. The summed E-state index contributed by atoms with van der Waals surface area (Å²) in [6.45, 7) is 3.96. The van der Waals surface area contributed by atoms with E-state index in [1.54, 1.807) is 18.2 Å². The Morgan fingerprint density at radius 2 is 1.91 bits per heavy atom. The molecule has 5 nitrogen and oxygen atoms in total. The second kappa shape index (κ2) is 6.49. The van der Waals surface area contributed by atoms with Crippen molar-refractivity contribution in [2.45, 2.75) is 32.2 Å². The average Bonchev–Trinajstić information content (AvgIpc) is 2.83. The Balaban J connectivity index is 1.86. The molecule has 0 radical (unpaired) electrons. The number of nitrogens with zero attached hydrogens (tertiary/aromatic N) is 2. The smallest absolute Gasteiger partial charge is 0.251 e. The monoisotopic (exact) mass is 336 g/mol. The van der Waals surface area contributed by atoms with Crippen LogP contribution in [-0.2, 0) is 9.59 Å². The zero-order valence-electron chi connectivity index (χ0n) is 13.4. The number of rotatable bonds is 3. The van der Waals surface area contributed by atoms with Crippen LogP contribution in [0, 0.1) is 5.92 Å². The molecule has 0 bridgehead atoms. The second-order valence-corrected chi connectivity index (χ2v) is 6.76. The number of likely N-dealkylation sites (tertiary alicyclic amines) is 1. The van der Waals surface area contributed by atoms with Gasteiger partial charge in [-0.15, -0.1) is 0 Å². The summed E-state index contributed by atoms with van der Waals surface area (Å²) < 4.78 is 5.29. The molecule has 2 amide bonds. The fourth-order valence-corrected chi connectivity index (χ4v) is 3.50. The van der Waals surface area contributed by atoms with Crippen molar-refractivity contribution in [2.75, 3.05) is 25.1 Å². The number of carbonyl (C=O) groups is 2. The lowest BCUT2D eigenvalue weighted by Gasteiger charge is -2.33. The van der Waals surface area contributed by atoms with E-state index in [0.717, 1.165) is 25.9 Å². The minimum Gasteiger partial charge on any atom is -0.495 e. The summed E-state index contributed by atoms with van der Waals surface area (Å²) in [7, 11) is 1.52. The molecule has 124 valence electrons. The van der Waals surface area contributed by atoms with E-state index >= 15 is 0 Å². The first-order valence-electron chi connectivity index (χ1n) is 7.95. The molecule has 2 saturated heterocycles. The number of hydrogen-bond donors (Lipinski definition) is 0. The number of carbonyl (C=O) groups excluding carboxylic acids is 2. The summed E-state index contributed by atoms with van der Waals surface area (Å²) in [6, 6.07) is 4.60. The lowest BCUT2D eigenvalue weighted by molar-refractivity contribution is -0.123. The number of hydrogen-bond acceptors (Lipinski definition) is 4. The summed E-state index contributed by atoms with van der Waals surface area (Å²) in [6.07, 6.45) is 2.36. The maximum atomic E-state index is 12.8. The first kappa shape index (κ1) is 16.3. The van der Waals surface area contributed by atoms with Crippen LogP contribution in [0.5, 0.6) is 5.75 Å². The molecule has 2 heterocycles. The zero-order chi connectivity index (χ0) is 16.6. The van der Waals surface area contributed by atoms with Gasteiger partial charge in [-0.25, -0.2) is 4.90 Å². The molecule has 6 heteroatoms. The van der Waals surface area contributed by atoms with Gasteiger partial charge in [0, 0.05) is 5.02 Å². The Hall–Kier alpha value is -1.59. The van der Waals surface area contributed by atoms with Gasteiger partial charge in [-0.2, -0.15) is 0 Å².